The summed E-state index contributed by atoms with van der Waals surface area (Å²) >= 11 is 0. The summed E-state index contributed by atoms with van der Waals surface area (Å²) in [5.74, 6) is 0.323. The molecule has 1 aliphatic heterocycles. The molecule has 1 heterocycles. The van der Waals surface area contributed by atoms with Gasteiger partial charge in [-0.15, -0.1) is 0 Å². The number of carbonyl (C=O) groups is 2. The third-order valence-electron chi connectivity index (χ3n) is 4.14. The van der Waals surface area contributed by atoms with Crippen molar-refractivity contribution >= 4 is 23.2 Å². The first kappa shape index (κ1) is 17.6. The number of hydrogen-bond donors (Lipinski definition) is 2. The number of primary amides is 1. The number of benzene rings is 2. The molecule has 1 atom stereocenters. The summed E-state index contributed by atoms with van der Waals surface area (Å²) in [6.07, 6.45) is -0.800. The fraction of sp³-hybridized carbons (Fsp3) is 0.263. The molecule has 1 unspecified atom stereocenters. The number of fused-ring (bicyclic) bond motifs is 1. The second-order valence-electron chi connectivity index (χ2n) is 6.11. The number of hydrogen-bond acceptors (Lipinski definition) is 5. The smallest absolute Gasteiger partial charge is 0.260 e. The zero-order valence-electron chi connectivity index (χ0n) is 14.7. The molecule has 0 aliphatic carbocycles. The van der Waals surface area contributed by atoms with Crippen LogP contribution in [0.3, 0.4) is 0 Å². The number of amides is 2. The summed E-state index contributed by atoms with van der Waals surface area (Å²) in [4.78, 5) is 25.9. The molecular formula is C19H21N3O4. The maximum atomic E-state index is 12.6. The Morgan fingerprint density at radius 2 is 2.08 bits per heavy atom. The summed E-state index contributed by atoms with van der Waals surface area (Å²) in [6, 6.07) is 12.8. The molecule has 0 saturated heterocycles. The number of nitrogens with two attached hydrogens (primary N) is 1. The van der Waals surface area contributed by atoms with Crippen molar-refractivity contribution in [1.29, 1.82) is 0 Å². The van der Waals surface area contributed by atoms with Crippen LogP contribution >= 0.6 is 0 Å². The second kappa shape index (κ2) is 7.35. The Hall–Kier alpha value is -3.22. The van der Waals surface area contributed by atoms with Crippen molar-refractivity contribution in [2.24, 2.45) is 5.73 Å². The molecule has 7 heteroatoms. The Morgan fingerprint density at radius 3 is 2.81 bits per heavy atom. The van der Waals surface area contributed by atoms with Crippen LogP contribution in [0.5, 0.6) is 11.5 Å². The van der Waals surface area contributed by atoms with Gasteiger partial charge in [0.15, 0.2) is 6.10 Å². The Kier molecular flexibility index (Phi) is 4.97. The summed E-state index contributed by atoms with van der Waals surface area (Å²) < 4.78 is 10.9. The highest BCUT2D eigenvalue weighted by Gasteiger charge is 2.30. The SMILES string of the molecule is COc1ccc(C)cc1NC(=O)CN1CC(C(N)=O)Oc2ccccc21. The van der Waals surface area contributed by atoms with Crippen LogP contribution in [-0.2, 0) is 9.59 Å². The lowest BCUT2D eigenvalue weighted by Crippen LogP contribution is -2.49. The molecular weight excluding hydrogens is 334 g/mol. The lowest BCUT2D eigenvalue weighted by molar-refractivity contribution is -0.125. The Morgan fingerprint density at radius 1 is 1.31 bits per heavy atom. The monoisotopic (exact) mass is 355 g/mol. The van der Waals surface area contributed by atoms with Gasteiger partial charge in [-0.1, -0.05) is 18.2 Å². The minimum atomic E-state index is -0.800. The fourth-order valence-electron chi connectivity index (χ4n) is 2.89. The van der Waals surface area contributed by atoms with Crippen LogP contribution in [0.2, 0.25) is 0 Å². The third kappa shape index (κ3) is 3.72. The molecule has 2 amide bonds. The predicted molar refractivity (Wildman–Crippen MR) is 98.6 cm³/mol. The van der Waals surface area contributed by atoms with E-state index in [1.54, 1.807) is 30.2 Å². The van der Waals surface area contributed by atoms with Gasteiger partial charge in [-0.25, -0.2) is 0 Å². The predicted octanol–water partition coefficient (Wildman–Crippen LogP) is 1.70. The molecule has 0 saturated carbocycles. The maximum absolute atomic E-state index is 12.6. The van der Waals surface area contributed by atoms with Crippen LogP contribution in [0.15, 0.2) is 42.5 Å². The van der Waals surface area contributed by atoms with Gasteiger partial charge in [0, 0.05) is 0 Å². The first-order chi connectivity index (χ1) is 12.5. The molecule has 136 valence electrons. The quantitative estimate of drug-likeness (QED) is 0.851. The average molecular weight is 355 g/mol. The van der Waals surface area contributed by atoms with E-state index in [0.717, 1.165) is 11.3 Å². The summed E-state index contributed by atoms with van der Waals surface area (Å²) in [7, 11) is 1.55. The minimum Gasteiger partial charge on any atom is -0.495 e. The van der Waals surface area contributed by atoms with Crippen molar-refractivity contribution in [2.45, 2.75) is 13.0 Å². The molecule has 3 rings (SSSR count). The van der Waals surface area contributed by atoms with E-state index in [1.165, 1.54) is 0 Å². The van der Waals surface area contributed by atoms with Crippen molar-refractivity contribution in [3.63, 3.8) is 0 Å². The van der Waals surface area contributed by atoms with E-state index in [4.69, 9.17) is 15.2 Å². The van der Waals surface area contributed by atoms with Crippen molar-refractivity contribution in [2.75, 3.05) is 30.4 Å². The zero-order valence-corrected chi connectivity index (χ0v) is 14.7. The highest BCUT2D eigenvalue weighted by atomic mass is 16.5. The van der Waals surface area contributed by atoms with Crippen LogP contribution in [0.25, 0.3) is 0 Å². The van der Waals surface area contributed by atoms with Gasteiger partial charge in [0.25, 0.3) is 5.91 Å². The van der Waals surface area contributed by atoms with E-state index in [1.807, 2.05) is 31.2 Å². The molecule has 0 bridgehead atoms. The van der Waals surface area contributed by atoms with Crippen molar-refractivity contribution < 1.29 is 19.1 Å². The van der Waals surface area contributed by atoms with E-state index in [2.05, 4.69) is 5.32 Å². The number of nitrogens with zero attached hydrogens (tertiary/aromatic N) is 1. The number of ether oxygens (including phenoxy) is 2. The van der Waals surface area contributed by atoms with Crippen LogP contribution in [0, 0.1) is 6.92 Å². The normalized spacial score (nSPS) is 15.6. The Bertz CT molecular complexity index is 837. The molecule has 0 fully saturated rings. The fourth-order valence-corrected chi connectivity index (χ4v) is 2.89. The number of carbonyl (C=O) groups excluding carboxylic acids is 2. The zero-order chi connectivity index (χ0) is 18.7. The highest BCUT2D eigenvalue weighted by Crippen LogP contribution is 2.33. The molecule has 0 radical (unpaired) electrons. The number of nitrogens with one attached hydrogen (secondary N) is 1. The van der Waals surface area contributed by atoms with E-state index in [-0.39, 0.29) is 19.0 Å². The average Bonchev–Trinajstić information content (AvgIpc) is 2.61. The third-order valence-corrected chi connectivity index (χ3v) is 4.14. The van der Waals surface area contributed by atoms with Gasteiger partial charge < -0.3 is 25.4 Å². The van der Waals surface area contributed by atoms with Crippen molar-refractivity contribution in [3.05, 3.63) is 48.0 Å². The molecule has 26 heavy (non-hydrogen) atoms. The Balaban J connectivity index is 1.78. The maximum Gasteiger partial charge on any atom is 0.260 e. The van der Waals surface area contributed by atoms with Gasteiger partial charge in [-0.05, 0) is 36.8 Å². The second-order valence-corrected chi connectivity index (χ2v) is 6.11. The molecule has 0 aromatic heterocycles. The van der Waals surface area contributed by atoms with Gasteiger partial charge in [-0.2, -0.15) is 0 Å². The molecule has 1 aliphatic rings. The van der Waals surface area contributed by atoms with E-state index < -0.39 is 12.0 Å². The molecule has 2 aromatic rings. The summed E-state index contributed by atoms with van der Waals surface area (Å²) in [6.45, 7) is 2.21. The minimum absolute atomic E-state index is 0.0568. The summed E-state index contributed by atoms with van der Waals surface area (Å²) in [5, 5.41) is 2.86. The largest absolute Gasteiger partial charge is 0.495 e. The van der Waals surface area contributed by atoms with Gasteiger partial charge >= 0.3 is 0 Å². The lowest BCUT2D eigenvalue weighted by Gasteiger charge is -2.34. The first-order valence-electron chi connectivity index (χ1n) is 8.22. The number of methoxy groups -OCH3 is 1. The van der Waals surface area contributed by atoms with Crippen LogP contribution in [0.1, 0.15) is 5.56 Å². The van der Waals surface area contributed by atoms with Gasteiger partial charge in [0.05, 0.1) is 31.6 Å². The van der Waals surface area contributed by atoms with Crippen molar-refractivity contribution in [1.82, 2.24) is 0 Å². The highest BCUT2D eigenvalue weighted by molar-refractivity contribution is 5.96. The van der Waals surface area contributed by atoms with Gasteiger partial charge in [-0.3, -0.25) is 9.59 Å². The Labute approximate surface area is 151 Å². The number of rotatable bonds is 5. The number of para-hydroxylation sites is 2. The first-order valence-corrected chi connectivity index (χ1v) is 8.22. The molecule has 2 aromatic carbocycles. The van der Waals surface area contributed by atoms with E-state index in [0.29, 0.717) is 17.2 Å². The summed E-state index contributed by atoms with van der Waals surface area (Å²) in [5.41, 5.74) is 7.74. The van der Waals surface area contributed by atoms with Crippen LogP contribution in [-0.4, -0.2) is 38.1 Å². The lowest BCUT2D eigenvalue weighted by atomic mass is 10.1. The number of anilines is 2. The van der Waals surface area contributed by atoms with E-state index in [9.17, 15) is 9.59 Å². The van der Waals surface area contributed by atoms with Crippen LogP contribution < -0.4 is 25.4 Å². The van der Waals surface area contributed by atoms with E-state index >= 15 is 0 Å². The van der Waals surface area contributed by atoms with Crippen LogP contribution in [0.4, 0.5) is 11.4 Å². The number of aryl methyl sites for hydroxylation is 1. The van der Waals surface area contributed by atoms with Gasteiger partial charge in [0.2, 0.25) is 5.91 Å². The van der Waals surface area contributed by atoms with Gasteiger partial charge in [0.1, 0.15) is 11.5 Å². The molecule has 7 nitrogen and oxygen atoms in total. The molecule has 0 spiro atoms. The molecule has 3 N–H and O–H groups in total. The standard InChI is InChI=1S/C19H21N3O4/c1-12-7-8-15(25-2)13(9-12)21-18(23)11-22-10-17(19(20)24)26-16-6-4-3-5-14(16)22/h3-9,17H,10-11H2,1-2H3,(H2,20,24)(H,21,23). The van der Waals surface area contributed by atoms with Crippen molar-refractivity contribution in [3.8, 4) is 11.5 Å². The topological polar surface area (TPSA) is 93.9 Å².